The van der Waals surface area contributed by atoms with Crippen LogP contribution in [0.3, 0.4) is 0 Å². The Bertz CT molecular complexity index is 881. The van der Waals surface area contributed by atoms with Crippen LogP contribution in [0.4, 0.5) is 10.6 Å². The molecule has 0 aliphatic carbocycles. The van der Waals surface area contributed by atoms with E-state index in [0.29, 0.717) is 26.3 Å². The van der Waals surface area contributed by atoms with Crippen LogP contribution in [-0.4, -0.2) is 88.5 Å². The Balaban J connectivity index is 1.38. The fourth-order valence-electron chi connectivity index (χ4n) is 4.26. The summed E-state index contributed by atoms with van der Waals surface area (Å²) in [6.45, 7) is 8.40. The number of carbonyl (C=O) groups is 3. The van der Waals surface area contributed by atoms with E-state index in [-0.39, 0.29) is 29.4 Å². The molecule has 0 radical (unpaired) electrons. The van der Waals surface area contributed by atoms with Gasteiger partial charge < -0.3 is 14.5 Å². The molecule has 1 aromatic heterocycles. The molecule has 1 atom stereocenters. The van der Waals surface area contributed by atoms with Gasteiger partial charge in [-0.1, -0.05) is 11.8 Å². The Morgan fingerprint density at radius 1 is 1.10 bits per heavy atom. The highest BCUT2D eigenvalue weighted by Crippen LogP contribution is 2.32. The third-order valence-corrected chi connectivity index (χ3v) is 7.52. The van der Waals surface area contributed by atoms with Gasteiger partial charge in [-0.25, -0.2) is 9.97 Å². The summed E-state index contributed by atoms with van der Waals surface area (Å²) < 4.78 is 5.47. The van der Waals surface area contributed by atoms with Crippen molar-refractivity contribution in [3.05, 3.63) is 17.1 Å². The number of morpholine rings is 1. The highest BCUT2D eigenvalue weighted by Gasteiger charge is 2.39. The largest absolute Gasteiger partial charge is 0.378 e. The van der Waals surface area contributed by atoms with Crippen molar-refractivity contribution in [3.63, 3.8) is 0 Å². The second-order valence-electron chi connectivity index (χ2n) is 8.34. The molecule has 0 spiro atoms. The van der Waals surface area contributed by atoms with E-state index in [0.717, 1.165) is 65.5 Å². The van der Waals surface area contributed by atoms with Crippen LogP contribution in [0.2, 0.25) is 0 Å². The minimum atomic E-state index is -0.595. The fourth-order valence-corrected chi connectivity index (χ4v) is 5.24. The van der Waals surface area contributed by atoms with Gasteiger partial charge in [0.1, 0.15) is 16.9 Å². The number of nitrogens with zero attached hydrogens (tertiary/aromatic N) is 5. The first-order chi connectivity index (χ1) is 14.8. The SMILES string of the molecule is Cc1nc(C2CCN(C(=O)C[C@@H]3SC(=O)N(C)C3=O)CC2)nc(N2CCOCC2)c1C. The van der Waals surface area contributed by atoms with Gasteiger partial charge in [-0.3, -0.25) is 19.3 Å². The van der Waals surface area contributed by atoms with E-state index in [1.807, 2.05) is 6.92 Å². The first kappa shape index (κ1) is 22.0. The van der Waals surface area contributed by atoms with Crippen LogP contribution in [0, 0.1) is 13.8 Å². The summed E-state index contributed by atoms with van der Waals surface area (Å²) in [7, 11) is 1.46. The summed E-state index contributed by atoms with van der Waals surface area (Å²) in [5, 5.41) is -0.883. The molecule has 3 saturated heterocycles. The van der Waals surface area contributed by atoms with Crippen molar-refractivity contribution in [1.82, 2.24) is 19.8 Å². The van der Waals surface area contributed by atoms with E-state index in [1.54, 1.807) is 4.90 Å². The van der Waals surface area contributed by atoms with E-state index in [1.165, 1.54) is 7.05 Å². The summed E-state index contributed by atoms with van der Waals surface area (Å²) in [6.07, 6.45) is 1.66. The molecule has 3 amide bonds. The van der Waals surface area contributed by atoms with E-state index < -0.39 is 5.25 Å². The maximum Gasteiger partial charge on any atom is 0.288 e. The minimum Gasteiger partial charge on any atom is -0.378 e. The number of aromatic nitrogens is 2. The Morgan fingerprint density at radius 3 is 2.39 bits per heavy atom. The molecule has 4 rings (SSSR count). The number of thioether (sulfide) groups is 1. The van der Waals surface area contributed by atoms with E-state index in [9.17, 15) is 14.4 Å². The molecule has 10 heteroatoms. The average Bonchev–Trinajstić information content (AvgIpc) is 3.02. The third kappa shape index (κ3) is 4.55. The molecule has 4 heterocycles. The predicted octanol–water partition coefficient (Wildman–Crippen LogP) is 1.72. The lowest BCUT2D eigenvalue weighted by atomic mass is 9.95. The van der Waals surface area contributed by atoms with Crippen LogP contribution < -0.4 is 4.90 Å². The Morgan fingerprint density at radius 2 is 1.77 bits per heavy atom. The monoisotopic (exact) mass is 447 g/mol. The van der Waals surface area contributed by atoms with Gasteiger partial charge in [0.15, 0.2) is 0 Å². The summed E-state index contributed by atoms with van der Waals surface area (Å²) in [5.74, 6) is 1.71. The number of amides is 3. The molecule has 31 heavy (non-hydrogen) atoms. The zero-order valence-corrected chi connectivity index (χ0v) is 19.1. The molecule has 1 aromatic rings. The lowest BCUT2D eigenvalue weighted by Gasteiger charge is -2.33. The summed E-state index contributed by atoms with van der Waals surface area (Å²) >= 11 is 0.946. The lowest BCUT2D eigenvalue weighted by Crippen LogP contribution is -2.40. The fraction of sp³-hybridized carbons (Fsp3) is 0.667. The molecule has 3 aliphatic heterocycles. The van der Waals surface area contributed by atoms with E-state index in [4.69, 9.17) is 14.7 Å². The average molecular weight is 448 g/mol. The van der Waals surface area contributed by atoms with Gasteiger partial charge in [0.2, 0.25) is 11.8 Å². The maximum absolute atomic E-state index is 12.7. The zero-order chi connectivity index (χ0) is 22.1. The molecule has 3 aliphatic rings. The Hall–Kier alpha value is -2.20. The Labute approximate surface area is 186 Å². The lowest BCUT2D eigenvalue weighted by molar-refractivity contribution is -0.135. The van der Waals surface area contributed by atoms with E-state index >= 15 is 0 Å². The topological polar surface area (TPSA) is 95.9 Å². The van der Waals surface area contributed by atoms with Crippen LogP contribution in [0.25, 0.3) is 0 Å². The van der Waals surface area contributed by atoms with Gasteiger partial charge in [0.05, 0.1) is 13.2 Å². The molecule has 3 fully saturated rings. The van der Waals surface area contributed by atoms with Crippen LogP contribution >= 0.6 is 11.8 Å². The molecule has 9 nitrogen and oxygen atoms in total. The second kappa shape index (κ2) is 9.12. The number of imide groups is 1. The summed E-state index contributed by atoms with van der Waals surface area (Å²) in [4.78, 5) is 51.3. The van der Waals surface area contributed by atoms with Crippen molar-refractivity contribution >= 4 is 34.6 Å². The first-order valence-electron chi connectivity index (χ1n) is 10.8. The second-order valence-corrected chi connectivity index (χ2v) is 9.50. The standard InChI is InChI=1S/C21H29N5O4S/c1-13-14(2)22-18(23-19(13)26-8-10-30-11-9-26)15-4-6-25(7-5-15)17(27)12-16-20(28)24(3)21(29)31-16/h15-16H,4-12H2,1-3H3/t16-/m0/s1. The quantitative estimate of drug-likeness (QED) is 0.689. The van der Waals surface area contributed by atoms with Gasteiger partial charge in [-0.15, -0.1) is 0 Å². The predicted molar refractivity (Wildman–Crippen MR) is 117 cm³/mol. The number of ether oxygens (including phenoxy) is 1. The molecule has 0 unspecified atom stereocenters. The van der Waals surface area contributed by atoms with Crippen molar-refractivity contribution in [2.75, 3.05) is 51.3 Å². The van der Waals surface area contributed by atoms with Gasteiger partial charge in [-0.05, 0) is 26.7 Å². The van der Waals surface area contributed by atoms with Crippen molar-refractivity contribution < 1.29 is 19.1 Å². The number of likely N-dealkylation sites (tertiary alicyclic amines) is 1. The third-order valence-electron chi connectivity index (χ3n) is 6.39. The van der Waals surface area contributed by atoms with Crippen molar-refractivity contribution in [3.8, 4) is 0 Å². The van der Waals surface area contributed by atoms with Gasteiger partial charge >= 0.3 is 0 Å². The number of piperidine rings is 1. The number of aryl methyl sites for hydroxylation is 1. The number of carbonyl (C=O) groups excluding carboxylic acids is 3. The Kier molecular flexibility index (Phi) is 6.47. The molecule has 0 aromatic carbocycles. The van der Waals surface area contributed by atoms with Crippen LogP contribution in [0.1, 0.15) is 42.3 Å². The van der Waals surface area contributed by atoms with Crippen LogP contribution in [0.5, 0.6) is 0 Å². The molecule has 0 saturated carbocycles. The number of hydrogen-bond acceptors (Lipinski definition) is 8. The minimum absolute atomic E-state index is 0.0672. The van der Waals surface area contributed by atoms with Crippen molar-refractivity contribution in [2.24, 2.45) is 0 Å². The number of anilines is 1. The summed E-state index contributed by atoms with van der Waals surface area (Å²) in [5.41, 5.74) is 2.10. The van der Waals surface area contributed by atoms with Gasteiger partial charge in [0, 0.05) is 56.8 Å². The zero-order valence-electron chi connectivity index (χ0n) is 18.3. The van der Waals surface area contributed by atoms with E-state index in [2.05, 4.69) is 11.8 Å². The highest BCUT2D eigenvalue weighted by molar-refractivity contribution is 8.15. The maximum atomic E-state index is 12.7. The normalized spacial score (nSPS) is 23.1. The number of rotatable bonds is 4. The van der Waals surface area contributed by atoms with Crippen LogP contribution in [0.15, 0.2) is 0 Å². The smallest absolute Gasteiger partial charge is 0.288 e. The molecule has 0 N–H and O–H groups in total. The van der Waals surface area contributed by atoms with Crippen LogP contribution in [-0.2, 0) is 14.3 Å². The molecular weight excluding hydrogens is 418 g/mol. The molecule has 0 bridgehead atoms. The highest BCUT2D eigenvalue weighted by atomic mass is 32.2. The number of hydrogen-bond donors (Lipinski definition) is 0. The summed E-state index contributed by atoms with van der Waals surface area (Å²) in [6, 6.07) is 0. The van der Waals surface area contributed by atoms with Gasteiger partial charge in [-0.2, -0.15) is 0 Å². The van der Waals surface area contributed by atoms with Crippen molar-refractivity contribution in [2.45, 2.75) is 44.3 Å². The molecule has 168 valence electrons. The van der Waals surface area contributed by atoms with Gasteiger partial charge in [0.25, 0.3) is 5.24 Å². The van der Waals surface area contributed by atoms with Crippen molar-refractivity contribution in [1.29, 1.82) is 0 Å². The molecular formula is C21H29N5O4S. The first-order valence-corrected chi connectivity index (χ1v) is 11.7.